The van der Waals surface area contributed by atoms with E-state index >= 15 is 0 Å². The van der Waals surface area contributed by atoms with Crippen LogP contribution < -0.4 is 4.74 Å². The number of carboxylic acid groups (broad SMARTS) is 1. The Morgan fingerprint density at radius 3 is 2.88 bits per heavy atom. The average molecular weight is 483 g/mol. The predicted octanol–water partition coefficient (Wildman–Crippen LogP) is 5.08. The molecule has 3 heterocycles. The lowest BCUT2D eigenvalue weighted by atomic mass is 9.81. The number of carboxylic acids is 1. The first-order valence-corrected chi connectivity index (χ1v) is 12.9. The van der Waals surface area contributed by atoms with Crippen LogP contribution in [0.25, 0.3) is 10.9 Å². The van der Waals surface area contributed by atoms with Gasteiger partial charge in [-0.1, -0.05) is 0 Å². The number of rotatable bonds is 10. The fourth-order valence-electron chi connectivity index (χ4n) is 5.08. The normalized spacial score (nSPS) is 19.9. The zero-order valence-corrected chi connectivity index (χ0v) is 20.8. The van der Waals surface area contributed by atoms with E-state index in [1.165, 1.54) is 9.75 Å². The second-order valence-corrected chi connectivity index (χ2v) is 10.7. The molecule has 4 rings (SSSR count). The van der Waals surface area contributed by atoms with Gasteiger partial charge < -0.3 is 19.8 Å². The van der Waals surface area contributed by atoms with Gasteiger partial charge in [-0.05, 0) is 100.0 Å². The molecule has 0 bridgehead atoms. The summed E-state index contributed by atoms with van der Waals surface area (Å²) in [5, 5.41) is 21.8. The molecule has 2 N–H and O–H groups in total. The molecule has 1 aliphatic heterocycles. The van der Waals surface area contributed by atoms with Crippen LogP contribution in [0.3, 0.4) is 0 Å². The topological polar surface area (TPSA) is 82.9 Å². The van der Waals surface area contributed by atoms with Gasteiger partial charge in [0.05, 0.1) is 24.6 Å². The second kappa shape index (κ2) is 11.3. The second-order valence-electron chi connectivity index (χ2n) is 9.29. The number of likely N-dealkylation sites (tertiary alicyclic amines) is 1. The van der Waals surface area contributed by atoms with Gasteiger partial charge in [0.2, 0.25) is 0 Å². The zero-order valence-electron chi connectivity index (χ0n) is 19.9. The molecule has 6 nitrogen and oxygen atoms in total. The summed E-state index contributed by atoms with van der Waals surface area (Å²) in [6.45, 7) is 4.57. The zero-order chi connectivity index (χ0) is 24.1. The van der Waals surface area contributed by atoms with Crippen LogP contribution in [-0.2, 0) is 11.2 Å². The molecular weight excluding hydrogens is 448 g/mol. The fourth-order valence-corrected chi connectivity index (χ4v) is 6.02. The third-order valence-electron chi connectivity index (χ3n) is 7.00. The van der Waals surface area contributed by atoms with E-state index < -0.39 is 12.1 Å². The van der Waals surface area contributed by atoms with Crippen LogP contribution >= 0.6 is 11.3 Å². The van der Waals surface area contributed by atoms with Crippen molar-refractivity contribution >= 4 is 28.2 Å². The number of methoxy groups -OCH3 is 1. The molecule has 182 valence electrons. The lowest BCUT2D eigenvalue weighted by molar-refractivity contribution is -0.146. The highest BCUT2D eigenvalue weighted by Crippen LogP contribution is 2.34. The number of pyridine rings is 1. The first-order valence-electron chi connectivity index (χ1n) is 12.1. The van der Waals surface area contributed by atoms with Crippen LogP contribution in [0.15, 0.2) is 42.6 Å². The van der Waals surface area contributed by atoms with Gasteiger partial charge in [-0.2, -0.15) is 0 Å². The van der Waals surface area contributed by atoms with Gasteiger partial charge in [0.15, 0.2) is 0 Å². The van der Waals surface area contributed by atoms with E-state index in [4.69, 9.17) is 4.74 Å². The van der Waals surface area contributed by atoms with E-state index in [9.17, 15) is 15.0 Å². The summed E-state index contributed by atoms with van der Waals surface area (Å²) in [5.74, 6) is -0.316. The number of aliphatic hydroxyl groups is 1. The standard InChI is InChI=1S/C27H34N2O4S/c1-18-5-8-21(34-18)4-3-14-29-15-12-19(24(17-29)27(31)32)6-10-26(30)22-11-13-28-25-9-7-20(33-2)16-23(22)25/h5,7-9,11,13,16,19,24,26,30H,3-4,6,10,12,14-15,17H2,1-2H3,(H,31,32)/t19-,24+,26+/m1/s1. The summed E-state index contributed by atoms with van der Waals surface area (Å²) in [6, 6.07) is 11.8. The van der Waals surface area contributed by atoms with Gasteiger partial charge in [0, 0.05) is 27.9 Å². The maximum atomic E-state index is 12.1. The summed E-state index contributed by atoms with van der Waals surface area (Å²) in [4.78, 5) is 21.5. The highest BCUT2D eigenvalue weighted by atomic mass is 32.1. The number of aliphatic carboxylic acids is 1. The first kappa shape index (κ1) is 24.6. The van der Waals surface area contributed by atoms with Gasteiger partial charge in [-0.25, -0.2) is 0 Å². The Hall–Kier alpha value is -2.48. The smallest absolute Gasteiger partial charge is 0.308 e. The molecule has 1 aromatic carbocycles. The van der Waals surface area contributed by atoms with Crippen LogP contribution in [0.1, 0.15) is 47.1 Å². The number of aliphatic hydroxyl groups excluding tert-OH is 1. The highest BCUT2D eigenvalue weighted by molar-refractivity contribution is 7.11. The summed E-state index contributed by atoms with van der Waals surface area (Å²) >= 11 is 1.84. The maximum absolute atomic E-state index is 12.1. The first-order chi connectivity index (χ1) is 16.4. The van der Waals surface area contributed by atoms with Crippen molar-refractivity contribution in [2.75, 3.05) is 26.7 Å². The summed E-state index contributed by atoms with van der Waals surface area (Å²) < 4.78 is 5.34. The third kappa shape index (κ3) is 5.95. The minimum atomic E-state index is -0.725. The van der Waals surface area contributed by atoms with E-state index in [2.05, 4.69) is 28.9 Å². The molecule has 0 saturated carbocycles. The van der Waals surface area contributed by atoms with Gasteiger partial charge in [0.25, 0.3) is 0 Å². The molecule has 0 amide bonds. The minimum Gasteiger partial charge on any atom is -0.497 e. The number of aromatic nitrogens is 1. The Morgan fingerprint density at radius 1 is 1.29 bits per heavy atom. The molecule has 0 aliphatic carbocycles. The number of ether oxygens (including phenoxy) is 1. The van der Waals surface area contributed by atoms with Crippen LogP contribution in [0, 0.1) is 18.8 Å². The van der Waals surface area contributed by atoms with Crippen molar-refractivity contribution in [1.29, 1.82) is 0 Å². The van der Waals surface area contributed by atoms with Crippen molar-refractivity contribution in [2.24, 2.45) is 11.8 Å². The van der Waals surface area contributed by atoms with Crippen LogP contribution in [0.5, 0.6) is 5.75 Å². The molecule has 1 saturated heterocycles. The number of hydrogen-bond donors (Lipinski definition) is 2. The molecule has 7 heteroatoms. The monoisotopic (exact) mass is 482 g/mol. The van der Waals surface area contributed by atoms with Crippen molar-refractivity contribution < 1.29 is 19.7 Å². The van der Waals surface area contributed by atoms with Crippen LogP contribution in [0.4, 0.5) is 0 Å². The molecule has 0 unspecified atom stereocenters. The van der Waals surface area contributed by atoms with E-state index in [0.29, 0.717) is 19.4 Å². The van der Waals surface area contributed by atoms with E-state index in [-0.39, 0.29) is 11.8 Å². The molecular formula is C27H34N2O4S. The molecule has 34 heavy (non-hydrogen) atoms. The quantitative estimate of drug-likeness (QED) is 0.419. The van der Waals surface area contributed by atoms with Crippen molar-refractivity contribution in [3.05, 3.63) is 57.9 Å². The molecule has 0 radical (unpaired) electrons. The van der Waals surface area contributed by atoms with Crippen molar-refractivity contribution in [3.8, 4) is 5.75 Å². The average Bonchev–Trinajstić information content (AvgIpc) is 3.26. The molecule has 3 aromatic rings. The number of benzene rings is 1. The molecule has 0 spiro atoms. The summed E-state index contributed by atoms with van der Waals surface area (Å²) in [7, 11) is 1.62. The molecule has 3 atom stereocenters. The van der Waals surface area contributed by atoms with Gasteiger partial charge in [0.1, 0.15) is 5.75 Å². The number of nitrogens with zero attached hydrogens (tertiary/aromatic N) is 2. The Bertz CT molecular complexity index is 1110. The number of fused-ring (bicyclic) bond motifs is 1. The lowest BCUT2D eigenvalue weighted by Crippen LogP contribution is -2.44. The Kier molecular flexibility index (Phi) is 8.19. The van der Waals surface area contributed by atoms with E-state index in [1.807, 2.05) is 35.6 Å². The van der Waals surface area contributed by atoms with Gasteiger partial charge in [-0.15, -0.1) is 11.3 Å². The van der Waals surface area contributed by atoms with Crippen molar-refractivity contribution in [3.63, 3.8) is 0 Å². The predicted molar refractivity (Wildman–Crippen MR) is 136 cm³/mol. The number of hydrogen-bond acceptors (Lipinski definition) is 6. The third-order valence-corrected chi connectivity index (χ3v) is 8.06. The summed E-state index contributed by atoms with van der Waals surface area (Å²) in [5.41, 5.74) is 1.63. The number of thiophene rings is 1. The van der Waals surface area contributed by atoms with Crippen molar-refractivity contribution in [2.45, 2.75) is 45.1 Å². The number of carbonyl (C=O) groups is 1. The number of piperidine rings is 1. The molecule has 1 aliphatic rings. The van der Waals surface area contributed by atoms with Crippen molar-refractivity contribution in [1.82, 2.24) is 9.88 Å². The Labute approximate surface area is 205 Å². The van der Waals surface area contributed by atoms with Gasteiger partial charge in [-0.3, -0.25) is 9.78 Å². The lowest BCUT2D eigenvalue weighted by Gasteiger charge is -2.37. The maximum Gasteiger partial charge on any atom is 0.308 e. The molecule has 1 fully saturated rings. The fraction of sp³-hybridized carbons (Fsp3) is 0.481. The number of aryl methyl sites for hydroxylation is 2. The Balaban J connectivity index is 1.33. The SMILES string of the molecule is COc1ccc2nccc([C@@H](O)CC[C@@H]3CCN(CCCc4ccc(C)s4)C[C@@H]3C(=O)O)c2c1. The molecule has 2 aromatic heterocycles. The minimum absolute atomic E-state index is 0.0750. The Morgan fingerprint density at radius 2 is 2.15 bits per heavy atom. The van der Waals surface area contributed by atoms with E-state index in [0.717, 1.165) is 54.6 Å². The van der Waals surface area contributed by atoms with Crippen LogP contribution in [0.2, 0.25) is 0 Å². The van der Waals surface area contributed by atoms with Gasteiger partial charge >= 0.3 is 5.97 Å². The highest BCUT2D eigenvalue weighted by Gasteiger charge is 2.34. The summed E-state index contributed by atoms with van der Waals surface area (Å²) in [6.07, 6.45) is 5.22. The largest absolute Gasteiger partial charge is 0.497 e. The van der Waals surface area contributed by atoms with E-state index in [1.54, 1.807) is 13.3 Å². The van der Waals surface area contributed by atoms with Crippen LogP contribution in [-0.4, -0.2) is 52.8 Å².